The fourth-order valence-corrected chi connectivity index (χ4v) is 9.53. The Kier molecular flexibility index (Phi) is 17.5. The molecular weight excluding hydrogens is 909 g/mol. The summed E-state index contributed by atoms with van der Waals surface area (Å²) >= 11 is 0. The van der Waals surface area contributed by atoms with E-state index in [1.165, 1.54) is 17.1 Å². The average molecular weight is 973 g/mol. The lowest BCUT2D eigenvalue weighted by molar-refractivity contribution is -0.172. The molecular formula is C50H64N6O14. The average Bonchev–Trinajstić information content (AvgIpc) is 3.89. The molecule has 6 heterocycles. The number of rotatable bonds is 19. The van der Waals surface area contributed by atoms with Crippen LogP contribution in [0, 0.1) is 11.8 Å². The van der Waals surface area contributed by atoms with Gasteiger partial charge in [0, 0.05) is 73.9 Å². The molecule has 1 atom stereocenters. The van der Waals surface area contributed by atoms with Gasteiger partial charge in [0.05, 0.1) is 81.7 Å². The molecule has 2 fully saturated rings. The van der Waals surface area contributed by atoms with Crippen molar-refractivity contribution in [3.63, 3.8) is 0 Å². The number of aromatic nitrogens is 2. The van der Waals surface area contributed by atoms with Gasteiger partial charge in [-0.3, -0.25) is 28.9 Å². The molecule has 1 unspecified atom stereocenters. The number of carbonyl (C=O) groups is 6. The molecule has 1 aliphatic carbocycles. The molecule has 5 amide bonds. The van der Waals surface area contributed by atoms with Crippen LogP contribution in [-0.2, 0) is 72.8 Å². The normalized spacial score (nSPS) is 20.5. The molecule has 0 radical (unpaired) electrons. The van der Waals surface area contributed by atoms with Crippen molar-refractivity contribution in [2.45, 2.75) is 84.5 Å². The smallest absolute Gasteiger partial charge is 0.415 e. The first-order valence-electron chi connectivity index (χ1n) is 24.3. The van der Waals surface area contributed by atoms with Crippen LogP contribution in [0.5, 0.6) is 5.75 Å². The number of primary amides is 1. The van der Waals surface area contributed by atoms with E-state index in [9.17, 15) is 38.7 Å². The molecule has 2 aromatic heterocycles. The number of pyridine rings is 2. The number of aliphatic hydroxyl groups is 1. The van der Waals surface area contributed by atoms with Gasteiger partial charge in [0.1, 0.15) is 12.4 Å². The number of hydrogen-bond acceptors (Lipinski definition) is 15. The van der Waals surface area contributed by atoms with Gasteiger partial charge in [0.2, 0.25) is 11.8 Å². The van der Waals surface area contributed by atoms with Crippen LogP contribution >= 0.6 is 0 Å². The summed E-state index contributed by atoms with van der Waals surface area (Å²) in [7, 11) is 0. The van der Waals surface area contributed by atoms with Crippen LogP contribution in [0.4, 0.5) is 4.79 Å². The van der Waals surface area contributed by atoms with Crippen LogP contribution in [0.1, 0.15) is 81.5 Å². The Balaban J connectivity index is 0.000000356. The summed E-state index contributed by atoms with van der Waals surface area (Å²) in [5.41, 5.74) is 7.22. The number of aryl methyl sites for hydroxylation is 1. The molecule has 20 heteroatoms. The van der Waals surface area contributed by atoms with E-state index >= 15 is 0 Å². The number of piperazine rings is 1. The minimum Gasteiger partial charge on any atom is -0.458 e. The zero-order valence-corrected chi connectivity index (χ0v) is 40.2. The number of imide groups is 1. The van der Waals surface area contributed by atoms with Crippen molar-refractivity contribution in [3.8, 4) is 17.1 Å². The van der Waals surface area contributed by atoms with Gasteiger partial charge in [0.25, 0.3) is 17.4 Å². The maximum atomic E-state index is 13.6. The second-order valence-corrected chi connectivity index (χ2v) is 17.8. The van der Waals surface area contributed by atoms with Crippen molar-refractivity contribution in [1.29, 1.82) is 0 Å². The number of amides is 5. The number of hydrogen-bond donors (Lipinski definition) is 2. The summed E-state index contributed by atoms with van der Waals surface area (Å²) in [6, 6.07) is 6.95. The van der Waals surface area contributed by atoms with Crippen LogP contribution in [0.2, 0.25) is 0 Å². The summed E-state index contributed by atoms with van der Waals surface area (Å²) in [5.74, 6) is -0.861. The van der Waals surface area contributed by atoms with Crippen molar-refractivity contribution in [2.75, 3.05) is 85.6 Å². The number of carbonyl (C=O) groups excluding carboxylic acids is 6. The Hall–Kier alpha value is -6.06. The monoisotopic (exact) mass is 972 g/mol. The van der Waals surface area contributed by atoms with E-state index in [1.54, 1.807) is 45.6 Å². The van der Waals surface area contributed by atoms with Crippen molar-refractivity contribution >= 4 is 46.6 Å². The number of nitrogens with zero attached hydrogens (tertiary/aromatic N) is 5. The van der Waals surface area contributed by atoms with Gasteiger partial charge in [-0.25, -0.2) is 14.6 Å². The molecule has 1 aromatic carbocycles. The molecule has 5 aliphatic rings. The number of cyclic esters (lactones) is 1. The summed E-state index contributed by atoms with van der Waals surface area (Å²) in [5, 5.41) is 12.0. The lowest BCUT2D eigenvalue weighted by Crippen LogP contribution is -2.51. The van der Waals surface area contributed by atoms with Gasteiger partial charge in [-0.2, -0.15) is 0 Å². The lowest BCUT2D eigenvalue weighted by Gasteiger charge is -2.34. The van der Waals surface area contributed by atoms with Gasteiger partial charge in [-0.05, 0) is 81.2 Å². The SMILES string of the molecule is CCOCCOCCOCCOCCC(=O)N1CCN(C(=O)Oc2ccc3nc4c(c(CC)c3c2)Cn2c-4cc3c(c2=O)COC(=O)C3(O)CC)CC1.NC(=O)C1CCC(CN2C(=O)C=CC2=O)CC1. The Morgan fingerprint density at radius 3 is 2.06 bits per heavy atom. The third kappa shape index (κ3) is 11.7. The highest BCUT2D eigenvalue weighted by molar-refractivity contribution is 6.12. The van der Waals surface area contributed by atoms with E-state index in [2.05, 4.69) is 0 Å². The standard InChI is InChI=1S/C38H48N4O11.C12H16N2O3/c1-4-26-27-21-25(53-37(46)41-12-10-40(11-13-41)33(43)9-14-49-17-18-51-20-19-50-16-15-48-6-3)7-8-31(27)39-34-28(26)23-42-32(34)22-30-29(35(42)44)24-52-36(45)38(30,47)5-2;13-12(17)9-3-1-8(2-4-9)7-14-10(15)5-6-11(14)16/h7-8,21-22,47H,4-6,9-20,23-24H2,1-3H3;5-6,8-9H,1-4,7H2,(H2,13,17). The molecule has 1 saturated heterocycles. The largest absolute Gasteiger partial charge is 0.458 e. The topological polar surface area (TPSA) is 249 Å². The first-order valence-corrected chi connectivity index (χ1v) is 24.3. The molecule has 8 rings (SSSR count). The number of esters is 1. The summed E-state index contributed by atoms with van der Waals surface area (Å²) in [4.78, 5) is 95.3. The molecule has 3 N–H and O–H groups in total. The predicted octanol–water partition coefficient (Wildman–Crippen LogP) is 2.96. The Morgan fingerprint density at radius 1 is 0.814 bits per heavy atom. The fraction of sp³-hybridized carbons (Fsp3) is 0.560. The Morgan fingerprint density at radius 2 is 1.44 bits per heavy atom. The predicted molar refractivity (Wildman–Crippen MR) is 252 cm³/mol. The van der Waals surface area contributed by atoms with E-state index < -0.39 is 17.7 Å². The van der Waals surface area contributed by atoms with Crippen molar-refractivity contribution in [1.82, 2.24) is 24.3 Å². The van der Waals surface area contributed by atoms with Crippen LogP contribution < -0.4 is 16.0 Å². The maximum absolute atomic E-state index is 13.6. The highest BCUT2D eigenvalue weighted by Gasteiger charge is 2.45. The minimum atomic E-state index is -1.90. The van der Waals surface area contributed by atoms with Crippen molar-refractivity contribution in [2.24, 2.45) is 17.6 Å². The second-order valence-electron chi connectivity index (χ2n) is 17.8. The van der Waals surface area contributed by atoms with Gasteiger partial charge in [0.15, 0.2) is 5.60 Å². The molecule has 4 aliphatic heterocycles. The zero-order chi connectivity index (χ0) is 50.0. The Bertz CT molecular complexity index is 2510. The van der Waals surface area contributed by atoms with E-state index in [0.29, 0.717) is 114 Å². The minimum absolute atomic E-state index is 0.0317. The van der Waals surface area contributed by atoms with E-state index in [1.807, 2.05) is 13.8 Å². The zero-order valence-electron chi connectivity index (χ0n) is 40.2. The maximum Gasteiger partial charge on any atom is 0.415 e. The first kappa shape index (κ1) is 51.8. The van der Waals surface area contributed by atoms with Crippen molar-refractivity contribution in [3.05, 3.63) is 69.0 Å². The second kappa shape index (κ2) is 23.7. The molecule has 0 bridgehead atoms. The van der Waals surface area contributed by atoms with Crippen LogP contribution in [-0.4, -0.2) is 151 Å². The molecule has 0 spiro atoms. The van der Waals surface area contributed by atoms with Crippen LogP contribution in [0.3, 0.4) is 0 Å². The summed E-state index contributed by atoms with van der Waals surface area (Å²) < 4.78 is 34.2. The third-order valence-electron chi connectivity index (χ3n) is 13.6. The highest BCUT2D eigenvalue weighted by atomic mass is 16.6. The van der Waals surface area contributed by atoms with E-state index in [4.69, 9.17) is 39.1 Å². The van der Waals surface area contributed by atoms with Crippen LogP contribution in [0.25, 0.3) is 22.3 Å². The molecule has 1 saturated carbocycles. The Labute approximate surface area is 405 Å². The molecule has 70 heavy (non-hydrogen) atoms. The summed E-state index contributed by atoms with van der Waals surface area (Å²) in [6.07, 6.45) is 6.28. The number of nitrogens with two attached hydrogens (primary N) is 1. The first-order chi connectivity index (χ1) is 33.8. The number of ether oxygens (including phenoxy) is 6. The van der Waals surface area contributed by atoms with Crippen LogP contribution in [0.15, 0.2) is 41.2 Å². The molecule has 3 aromatic rings. The van der Waals surface area contributed by atoms with Gasteiger partial charge < -0.3 is 53.6 Å². The van der Waals surface area contributed by atoms with Gasteiger partial charge in [-0.1, -0.05) is 13.8 Å². The summed E-state index contributed by atoms with van der Waals surface area (Å²) in [6.45, 7) is 11.5. The lowest BCUT2D eigenvalue weighted by atomic mass is 9.81. The molecule has 378 valence electrons. The van der Waals surface area contributed by atoms with Gasteiger partial charge >= 0.3 is 12.1 Å². The fourth-order valence-electron chi connectivity index (χ4n) is 9.53. The highest BCUT2D eigenvalue weighted by Crippen LogP contribution is 2.41. The van der Waals surface area contributed by atoms with E-state index in [-0.39, 0.29) is 78.8 Å². The van der Waals surface area contributed by atoms with E-state index in [0.717, 1.165) is 42.2 Å². The third-order valence-corrected chi connectivity index (χ3v) is 13.6. The molecule has 20 nitrogen and oxygen atoms in total. The number of benzene rings is 1. The quantitative estimate of drug-likeness (QED) is 0.0779. The number of fused-ring (bicyclic) bond motifs is 5. The van der Waals surface area contributed by atoms with Gasteiger partial charge in [-0.15, -0.1) is 0 Å². The van der Waals surface area contributed by atoms with Crippen molar-refractivity contribution < 1.29 is 62.3 Å².